The van der Waals surface area contributed by atoms with E-state index in [1.165, 1.54) is 0 Å². The summed E-state index contributed by atoms with van der Waals surface area (Å²) < 4.78 is 9.67. The Bertz CT molecular complexity index is 366. The number of alkyl carbamates (subject to hydrolysis) is 1. The second kappa shape index (κ2) is 9.38. The molecule has 0 aliphatic carbocycles. The predicted molar refractivity (Wildman–Crippen MR) is 79.9 cm³/mol. The monoisotopic (exact) mass is 319 g/mol. The van der Waals surface area contributed by atoms with Crippen LogP contribution in [0.5, 0.6) is 0 Å². The summed E-state index contributed by atoms with van der Waals surface area (Å²) in [6.07, 6.45) is -0.874. The number of nitrogens with one attached hydrogen (secondary N) is 1. The van der Waals surface area contributed by atoms with Crippen molar-refractivity contribution in [2.45, 2.75) is 51.5 Å². The molecule has 0 saturated carbocycles. The van der Waals surface area contributed by atoms with Crippen LogP contribution in [0, 0.1) is 0 Å². The van der Waals surface area contributed by atoms with Gasteiger partial charge >= 0.3 is 18.0 Å². The average molecular weight is 319 g/mol. The first-order valence-electron chi connectivity index (χ1n) is 6.97. The molecular formula is C13H25NO6Si. The zero-order valence-electron chi connectivity index (χ0n) is 13.1. The molecule has 0 aromatic carbocycles. The summed E-state index contributed by atoms with van der Waals surface area (Å²) in [4.78, 5) is 33.7. The SMILES string of the molecule is CCOC(=O)CC[C@@H](NC(=O)OCC[Si](C)(C)C)C(=O)O. The van der Waals surface area contributed by atoms with E-state index in [2.05, 4.69) is 25.0 Å². The second-order valence-corrected chi connectivity index (χ2v) is 11.4. The van der Waals surface area contributed by atoms with Gasteiger partial charge in [0.25, 0.3) is 0 Å². The lowest BCUT2D eigenvalue weighted by atomic mass is 10.1. The highest BCUT2D eigenvalue weighted by Crippen LogP contribution is 2.08. The minimum atomic E-state index is -1.31. The van der Waals surface area contributed by atoms with Gasteiger partial charge in [-0.05, 0) is 19.4 Å². The van der Waals surface area contributed by atoms with Gasteiger partial charge in [-0.1, -0.05) is 19.6 Å². The van der Waals surface area contributed by atoms with Crippen molar-refractivity contribution < 1.29 is 29.0 Å². The summed E-state index contributed by atoms with van der Waals surface area (Å²) in [7, 11) is -1.31. The van der Waals surface area contributed by atoms with Gasteiger partial charge in [-0.2, -0.15) is 0 Å². The summed E-state index contributed by atoms with van der Waals surface area (Å²) >= 11 is 0. The number of carboxylic acid groups (broad SMARTS) is 1. The molecule has 1 amide bonds. The first-order chi connectivity index (χ1) is 9.65. The normalized spacial score (nSPS) is 12.4. The van der Waals surface area contributed by atoms with Gasteiger partial charge in [-0.15, -0.1) is 0 Å². The van der Waals surface area contributed by atoms with Crippen LogP contribution in [-0.2, 0) is 19.1 Å². The van der Waals surface area contributed by atoms with Crippen molar-refractivity contribution in [3.8, 4) is 0 Å². The Morgan fingerprint density at radius 3 is 2.29 bits per heavy atom. The molecule has 8 heteroatoms. The Kier molecular flexibility index (Phi) is 8.68. The number of amides is 1. The highest BCUT2D eigenvalue weighted by atomic mass is 28.3. The van der Waals surface area contributed by atoms with Gasteiger partial charge < -0.3 is 19.9 Å². The van der Waals surface area contributed by atoms with Crippen molar-refractivity contribution >= 4 is 26.1 Å². The van der Waals surface area contributed by atoms with Gasteiger partial charge in [0.15, 0.2) is 0 Å². The molecular weight excluding hydrogens is 294 g/mol. The lowest BCUT2D eigenvalue weighted by molar-refractivity contribution is -0.144. The minimum Gasteiger partial charge on any atom is -0.480 e. The number of carboxylic acids is 1. The average Bonchev–Trinajstić information content (AvgIpc) is 2.32. The molecule has 21 heavy (non-hydrogen) atoms. The molecule has 2 N–H and O–H groups in total. The maximum atomic E-state index is 11.5. The fraction of sp³-hybridized carbons (Fsp3) is 0.769. The molecule has 0 aliphatic rings. The van der Waals surface area contributed by atoms with Crippen molar-refractivity contribution in [3.63, 3.8) is 0 Å². The van der Waals surface area contributed by atoms with Crippen molar-refractivity contribution in [2.24, 2.45) is 0 Å². The maximum absolute atomic E-state index is 11.5. The molecule has 0 rings (SSSR count). The number of rotatable bonds is 9. The number of carbonyl (C=O) groups is 3. The number of ether oxygens (including phenoxy) is 2. The second-order valence-electron chi connectivity index (χ2n) is 5.83. The molecule has 0 aromatic rings. The fourth-order valence-electron chi connectivity index (χ4n) is 1.39. The molecule has 0 radical (unpaired) electrons. The summed E-state index contributed by atoms with van der Waals surface area (Å²) in [6, 6.07) is -0.352. The molecule has 0 spiro atoms. The minimum absolute atomic E-state index is 0.0305. The lowest BCUT2D eigenvalue weighted by Crippen LogP contribution is -2.41. The predicted octanol–water partition coefficient (Wildman–Crippen LogP) is 1.85. The van der Waals surface area contributed by atoms with Crippen molar-refractivity contribution in [1.82, 2.24) is 5.32 Å². The number of esters is 1. The highest BCUT2D eigenvalue weighted by molar-refractivity contribution is 6.76. The van der Waals surface area contributed by atoms with Crippen molar-refractivity contribution in [1.29, 1.82) is 0 Å². The smallest absolute Gasteiger partial charge is 0.407 e. The van der Waals surface area contributed by atoms with E-state index in [0.717, 1.165) is 6.04 Å². The van der Waals surface area contributed by atoms with Crippen molar-refractivity contribution in [3.05, 3.63) is 0 Å². The zero-order chi connectivity index (χ0) is 16.5. The third-order valence-corrected chi connectivity index (χ3v) is 4.32. The van der Waals surface area contributed by atoms with Gasteiger partial charge in [0.1, 0.15) is 6.04 Å². The van der Waals surface area contributed by atoms with Crippen LogP contribution in [0.4, 0.5) is 4.79 Å². The molecule has 0 heterocycles. The topological polar surface area (TPSA) is 102 Å². The molecule has 0 saturated heterocycles. The number of hydrogen-bond donors (Lipinski definition) is 2. The molecule has 0 aliphatic heterocycles. The van der Waals surface area contributed by atoms with E-state index >= 15 is 0 Å². The molecule has 122 valence electrons. The Labute approximate surface area is 126 Å². The standard InChI is InChI=1S/C13H25NO6Si/c1-5-19-11(15)7-6-10(12(16)17)14-13(18)20-8-9-21(2,3)4/h10H,5-9H2,1-4H3,(H,14,18)(H,16,17)/t10-/m1/s1. The quantitative estimate of drug-likeness (QED) is 0.497. The maximum Gasteiger partial charge on any atom is 0.407 e. The first kappa shape index (κ1) is 19.4. The number of aliphatic carboxylic acids is 1. The van der Waals surface area contributed by atoms with Crippen LogP contribution in [0.2, 0.25) is 25.7 Å². The third kappa shape index (κ3) is 10.8. The van der Waals surface area contributed by atoms with E-state index in [-0.39, 0.29) is 26.1 Å². The van der Waals surface area contributed by atoms with Crippen LogP contribution in [0.3, 0.4) is 0 Å². The van der Waals surface area contributed by atoms with E-state index < -0.39 is 32.1 Å². The number of carbonyl (C=O) groups excluding carboxylic acids is 2. The van der Waals surface area contributed by atoms with Crippen LogP contribution >= 0.6 is 0 Å². The van der Waals surface area contributed by atoms with Gasteiger partial charge in [0.2, 0.25) is 0 Å². The molecule has 0 unspecified atom stereocenters. The fourth-order valence-corrected chi connectivity index (χ4v) is 2.10. The summed E-state index contributed by atoms with van der Waals surface area (Å²) in [6.45, 7) is 8.62. The van der Waals surface area contributed by atoms with Crippen molar-refractivity contribution in [2.75, 3.05) is 13.2 Å². The van der Waals surface area contributed by atoms with E-state index in [1.807, 2.05) is 0 Å². The molecule has 0 aromatic heterocycles. The van der Waals surface area contributed by atoms with Crippen LogP contribution < -0.4 is 5.32 Å². The third-order valence-electron chi connectivity index (χ3n) is 2.62. The summed E-state index contributed by atoms with van der Waals surface area (Å²) in [5.74, 6) is -1.70. The van der Waals surface area contributed by atoms with Gasteiger partial charge in [-0.25, -0.2) is 9.59 Å². The van der Waals surface area contributed by atoms with Gasteiger partial charge in [-0.3, -0.25) is 4.79 Å². The van der Waals surface area contributed by atoms with Crippen LogP contribution in [0.25, 0.3) is 0 Å². The van der Waals surface area contributed by atoms with Gasteiger partial charge in [0.05, 0.1) is 13.2 Å². The van der Waals surface area contributed by atoms with Crippen LogP contribution in [0.1, 0.15) is 19.8 Å². The van der Waals surface area contributed by atoms with Crippen LogP contribution in [0.15, 0.2) is 0 Å². The summed E-state index contributed by atoms with van der Waals surface area (Å²) in [5.41, 5.74) is 0. The lowest BCUT2D eigenvalue weighted by Gasteiger charge is -2.17. The van der Waals surface area contributed by atoms with E-state index in [4.69, 9.17) is 14.6 Å². The largest absolute Gasteiger partial charge is 0.480 e. The van der Waals surface area contributed by atoms with E-state index in [1.54, 1.807) is 6.92 Å². The highest BCUT2D eigenvalue weighted by Gasteiger charge is 2.22. The number of hydrogen-bond acceptors (Lipinski definition) is 5. The molecule has 0 fully saturated rings. The zero-order valence-corrected chi connectivity index (χ0v) is 14.1. The molecule has 0 bridgehead atoms. The molecule has 1 atom stereocenters. The van der Waals surface area contributed by atoms with Crippen LogP contribution in [-0.4, -0.2) is 50.5 Å². The summed E-state index contributed by atoms with van der Waals surface area (Å²) in [5, 5.41) is 11.3. The van der Waals surface area contributed by atoms with E-state index in [0.29, 0.717) is 0 Å². The Morgan fingerprint density at radius 2 is 1.81 bits per heavy atom. The Morgan fingerprint density at radius 1 is 1.19 bits per heavy atom. The Hall–Kier alpha value is -1.57. The molecule has 7 nitrogen and oxygen atoms in total. The first-order valence-corrected chi connectivity index (χ1v) is 10.7. The Balaban J connectivity index is 4.16. The van der Waals surface area contributed by atoms with Gasteiger partial charge in [0, 0.05) is 14.5 Å². The van der Waals surface area contributed by atoms with E-state index in [9.17, 15) is 14.4 Å².